The molecule has 3 aromatic rings. The van der Waals surface area contributed by atoms with E-state index in [1.54, 1.807) is 6.20 Å². The Morgan fingerprint density at radius 2 is 1.70 bits per heavy atom. The van der Waals surface area contributed by atoms with E-state index in [9.17, 15) is 0 Å². The van der Waals surface area contributed by atoms with Crippen molar-refractivity contribution in [2.45, 2.75) is 19.3 Å². The van der Waals surface area contributed by atoms with Crippen molar-refractivity contribution >= 4 is 40.4 Å². The Hall–Kier alpha value is -2.86. The molecule has 1 saturated heterocycles. The molecule has 0 bridgehead atoms. The Morgan fingerprint density at radius 1 is 0.889 bits per heavy atom. The highest BCUT2D eigenvalue weighted by Gasteiger charge is 2.10. The summed E-state index contributed by atoms with van der Waals surface area (Å²) in [4.78, 5) is 6.89. The van der Waals surface area contributed by atoms with Crippen molar-refractivity contribution in [2.75, 3.05) is 28.6 Å². The quantitative estimate of drug-likeness (QED) is 0.649. The van der Waals surface area contributed by atoms with Gasteiger partial charge in [-0.3, -0.25) is 0 Å². The van der Waals surface area contributed by atoms with Crippen LogP contribution in [0.5, 0.6) is 0 Å². The van der Waals surface area contributed by atoms with Gasteiger partial charge in [-0.05, 0) is 61.7 Å². The van der Waals surface area contributed by atoms with Crippen LogP contribution in [0.15, 0.2) is 54.7 Å². The van der Waals surface area contributed by atoms with Crippen LogP contribution in [0.25, 0.3) is 0 Å². The number of nitrogens with zero attached hydrogens (tertiary/aromatic N) is 4. The molecule has 0 unspecified atom stereocenters. The molecule has 0 spiro atoms. The van der Waals surface area contributed by atoms with Crippen molar-refractivity contribution in [1.29, 1.82) is 0 Å². The maximum atomic E-state index is 6.01. The maximum absolute atomic E-state index is 6.01. The molecule has 4 rings (SSSR count). The van der Waals surface area contributed by atoms with E-state index < -0.39 is 0 Å². The zero-order valence-electron chi connectivity index (χ0n) is 14.9. The molecule has 0 atom stereocenters. The average Bonchev–Trinajstić information content (AvgIpc) is 2.70. The Bertz CT molecular complexity index is 893. The van der Waals surface area contributed by atoms with Gasteiger partial charge >= 0.3 is 0 Å². The number of nitrogens with one attached hydrogen (secondary N) is 2. The minimum atomic E-state index is 0.438. The van der Waals surface area contributed by atoms with Crippen LogP contribution >= 0.6 is 11.6 Å². The molecule has 2 aromatic carbocycles. The van der Waals surface area contributed by atoms with E-state index in [1.807, 2.05) is 36.4 Å². The summed E-state index contributed by atoms with van der Waals surface area (Å²) in [5, 5.41) is 15.1. The summed E-state index contributed by atoms with van der Waals surface area (Å²) in [6, 6.07) is 15.8. The molecule has 7 heteroatoms. The zero-order chi connectivity index (χ0) is 18.5. The number of anilines is 5. The summed E-state index contributed by atoms with van der Waals surface area (Å²) < 4.78 is 0. The van der Waals surface area contributed by atoms with Gasteiger partial charge in [0.1, 0.15) is 0 Å². The zero-order valence-corrected chi connectivity index (χ0v) is 15.7. The van der Waals surface area contributed by atoms with Gasteiger partial charge in [0.05, 0.1) is 6.20 Å². The standard InChI is InChI=1S/C20H21ClN6/c21-15-5-4-6-17(13-15)23-19-14-22-26-20(25-19)24-16-7-9-18(10-8-16)27-11-2-1-3-12-27/h4-10,13-14H,1-3,11-12H2,(H2,23,24,25,26). The van der Waals surface area contributed by atoms with Gasteiger partial charge in [0.2, 0.25) is 5.95 Å². The van der Waals surface area contributed by atoms with Crippen molar-refractivity contribution in [3.63, 3.8) is 0 Å². The number of hydrogen-bond donors (Lipinski definition) is 2. The van der Waals surface area contributed by atoms with Gasteiger partial charge in [0.15, 0.2) is 5.82 Å². The minimum Gasteiger partial charge on any atom is -0.372 e. The SMILES string of the molecule is Clc1cccc(Nc2cnnc(Nc3ccc(N4CCCCC4)cc3)n2)c1. The molecule has 2 heterocycles. The summed E-state index contributed by atoms with van der Waals surface area (Å²) >= 11 is 6.01. The third-order valence-corrected chi connectivity index (χ3v) is 4.74. The summed E-state index contributed by atoms with van der Waals surface area (Å²) in [6.45, 7) is 2.27. The van der Waals surface area contributed by atoms with Gasteiger partial charge in [0, 0.05) is 35.2 Å². The van der Waals surface area contributed by atoms with Crippen molar-refractivity contribution < 1.29 is 0 Å². The molecule has 1 aromatic heterocycles. The van der Waals surface area contributed by atoms with Crippen LogP contribution in [0.2, 0.25) is 5.02 Å². The first-order valence-corrected chi connectivity index (χ1v) is 9.48. The van der Waals surface area contributed by atoms with E-state index in [4.69, 9.17) is 11.6 Å². The molecule has 0 amide bonds. The molecule has 1 aliphatic rings. The van der Waals surface area contributed by atoms with E-state index in [0.717, 1.165) is 24.5 Å². The maximum Gasteiger partial charge on any atom is 0.249 e. The predicted octanol–water partition coefficient (Wildman–Crippen LogP) is 5.00. The van der Waals surface area contributed by atoms with E-state index >= 15 is 0 Å². The lowest BCUT2D eigenvalue weighted by Gasteiger charge is -2.28. The Morgan fingerprint density at radius 3 is 2.48 bits per heavy atom. The number of hydrogen-bond acceptors (Lipinski definition) is 6. The van der Waals surface area contributed by atoms with Crippen LogP contribution in [-0.2, 0) is 0 Å². The largest absolute Gasteiger partial charge is 0.372 e. The third kappa shape index (κ3) is 4.65. The number of benzene rings is 2. The van der Waals surface area contributed by atoms with Crippen LogP contribution in [-0.4, -0.2) is 28.3 Å². The Balaban J connectivity index is 1.43. The van der Waals surface area contributed by atoms with Gasteiger partial charge in [-0.1, -0.05) is 17.7 Å². The van der Waals surface area contributed by atoms with Crippen LogP contribution in [0.1, 0.15) is 19.3 Å². The van der Waals surface area contributed by atoms with Crippen LogP contribution < -0.4 is 15.5 Å². The Labute approximate surface area is 163 Å². The first-order chi connectivity index (χ1) is 13.3. The van der Waals surface area contributed by atoms with Crippen LogP contribution in [0, 0.1) is 0 Å². The van der Waals surface area contributed by atoms with Crippen molar-refractivity contribution in [2.24, 2.45) is 0 Å². The summed E-state index contributed by atoms with van der Waals surface area (Å²) in [5.41, 5.74) is 3.04. The van der Waals surface area contributed by atoms with Crippen molar-refractivity contribution in [3.8, 4) is 0 Å². The lowest BCUT2D eigenvalue weighted by molar-refractivity contribution is 0.578. The van der Waals surface area contributed by atoms with E-state index in [2.05, 4.69) is 42.8 Å². The summed E-state index contributed by atoms with van der Waals surface area (Å²) in [6.07, 6.45) is 5.45. The highest BCUT2D eigenvalue weighted by Crippen LogP contribution is 2.23. The Kier molecular flexibility index (Phi) is 5.34. The monoisotopic (exact) mass is 380 g/mol. The van der Waals surface area contributed by atoms with Gasteiger partial charge in [-0.15, -0.1) is 5.10 Å². The molecule has 0 aliphatic carbocycles. The molecule has 138 valence electrons. The predicted molar refractivity (Wildman–Crippen MR) is 110 cm³/mol. The number of aromatic nitrogens is 3. The second-order valence-electron chi connectivity index (χ2n) is 6.52. The second kappa shape index (κ2) is 8.22. The molecule has 1 aliphatic heterocycles. The van der Waals surface area contributed by atoms with Crippen LogP contribution in [0.4, 0.5) is 28.8 Å². The molecular weight excluding hydrogens is 360 g/mol. The molecule has 1 fully saturated rings. The smallest absolute Gasteiger partial charge is 0.249 e. The fraction of sp³-hybridized carbons (Fsp3) is 0.250. The molecule has 2 N–H and O–H groups in total. The lowest BCUT2D eigenvalue weighted by Crippen LogP contribution is -2.29. The van der Waals surface area contributed by atoms with E-state index in [0.29, 0.717) is 16.8 Å². The first kappa shape index (κ1) is 17.5. The van der Waals surface area contributed by atoms with Crippen molar-refractivity contribution in [1.82, 2.24) is 15.2 Å². The van der Waals surface area contributed by atoms with Crippen LogP contribution in [0.3, 0.4) is 0 Å². The van der Waals surface area contributed by atoms with Gasteiger partial charge in [-0.2, -0.15) is 10.1 Å². The average molecular weight is 381 g/mol. The first-order valence-electron chi connectivity index (χ1n) is 9.11. The fourth-order valence-corrected chi connectivity index (χ4v) is 3.36. The molecule has 27 heavy (non-hydrogen) atoms. The summed E-state index contributed by atoms with van der Waals surface area (Å²) in [7, 11) is 0. The van der Waals surface area contributed by atoms with E-state index in [-0.39, 0.29) is 0 Å². The highest BCUT2D eigenvalue weighted by atomic mass is 35.5. The third-order valence-electron chi connectivity index (χ3n) is 4.50. The van der Waals surface area contributed by atoms with Gasteiger partial charge < -0.3 is 15.5 Å². The molecule has 0 saturated carbocycles. The molecular formula is C20H21ClN6. The second-order valence-corrected chi connectivity index (χ2v) is 6.96. The van der Waals surface area contributed by atoms with Gasteiger partial charge in [0.25, 0.3) is 0 Å². The fourth-order valence-electron chi connectivity index (χ4n) is 3.17. The lowest BCUT2D eigenvalue weighted by atomic mass is 10.1. The number of piperidine rings is 1. The summed E-state index contributed by atoms with van der Waals surface area (Å²) in [5.74, 6) is 1.03. The normalized spacial score (nSPS) is 14.0. The highest BCUT2D eigenvalue weighted by molar-refractivity contribution is 6.30. The number of halogens is 1. The molecule has 6 nitrogen and oxygen atoms in total. The molecule has 0 radical (unpaired) electrons. The minimum absolute atomic E-state index is 0.438. The van der Waals surface area contributed by atoms with Crippen molar-refractivity contribution in [3.05, 3.63) is 59.8 Å². The van der Waals surface area contributed by atoms with Gasteiger partial charge in [-0.25, -0.2) is 0 Å². The van der Waals surface area contributed by atoms with E-state index in [1.165, 1.54) is 24.9 Å². The number of rotatable bonds is 5. The topological polar surface area (TPSA) is 66.0 Å².